The number of rotatable bonds is 14. The molecule has 0 fully saturated rings. The van der Waals surface area contributed by atoms with Crippen LogP contribution < -0.4 is 35.8 Å². The summed E-state index contributed by atoms with van der Waals surface area (Å²) in [5, 5.41) is 5.88. The molecule has 11 nitrogen and oxygen atoms in total. The van der Waals surface area contributed by atoms with Crippen molar-refractivity contribution in [3.05, 3.63) is 77.3 Å². The molecule has 0 unspecified atom stereocenters. The standard InChI is InChI=1S/C29H32ClF3N6O5/c1-4-42-25-17-19(13-14-24(25)43-16-15-38(2)3)39(18-26(40)36-35-22-11-7-6-10-21(22)30)37-27(34)20-9-5-8-12-23(20)44-28(41)29(31,32)33/h5-14,17,35H,4,15-16,18H2,1-3H3,(H2,34,37)(H,36,40). The summed E-state index contributed by atoms with van der Waals surface area (Å²) in [4.78, 5) is 26.5. The van der Waals surface area contributed by atoms with Gasteiger partial charge in [0.1, 0.15) is 18.9 Å². The van der Waals surface area contributed by atoms with Crippen molar-refractivity contribution in [1.29, 1.82) is 0 Å². The van der Waals surface area contributed by atoms with E-state index >= 15 is 0 Å². The summed E-state index contributed by atoms with van der Waals surface area (Å²) in [5.41, 5.74) is 12.1. The average Bonchev–Trinajstić information content (AvgIpc) is 2.97. The van der Waals surface area contributed by atoms with Crippen LogP contribution in [0.25, 0.3) is 0 Å². The van der Waals surface area contributed by atoms with Gasteiger partial charge in [0, 0.05) is 12.6 Å². The molecule has 0 aliphatic heterocycles. The fourth-order valence-corrected chi connectivity index (χ4v) is 3.73. The van der Waals surface area contributed by atoms with Crippen LogP contribution in [0.3, 0.4) is 0 Å². The number of anilines is 2. The smallest absolute Gasteiger partial charge is 0.490 e. The molecule has 0 saturated heterocycles. The van der Waals surface area contributed by atoms with Crippen LogP contribution in [0.15, 0.2) is 71.8 Å². The monoisotopic (exact) mass is 636 g/mol. The zero-order chi connectivity index (χ0) is 32.3. The predicted molar refractivity (Wildman–Crippen MR) is 161 cm³/mol. The number of likely N-dealkylation sites (N-methyl/N-ethyl adjacent to an activating group) is 1. The Bertz CT molecular complexity index is 1470. The highest BCUT2D eigenvalue weighted by atomic mass is 35.5. The van der Waals surface area contributed by atoms with Crippen molar-refractivity contribution in [3.63, 3.8) is 0 Å². The lowest BCUT2D eigenvalue weighted by molar-refractivity contribution is -0.189. The van der Waals surface area contributed by atoms with Crippen molar-refractivity contribution in [2.24, 2.45) is 10.8 Å². The summed E-state index contributed by atoms with van der Waals surface area (Å²) in [6, 6.07) is 16.8. The summed E-state index contributed by atoms with van der Waals surface area (Å²) in [6.45, 7) is 2.70. The number of nitrogens with zero attached hydrogens (tertiary/aromatic N) is 3. The van der Waals surface area contributed by atoms with Gasteiger partial charge >= 0.3 is 12.1 Å². The van der Waals surface area contributed by atoms with E-state index in [0.29, 0.717) is 47.7 Å². The number of para-hydroxylation sites is 2. The number of benzene rings is 3. The van der Waals surface area contributed by atoms with Gasteiger partial charge in [-0.15, -0.1) is 0 Å². The lowest BCUT2D eigenvalue weighted by Crippen LogP contribution is -2.39. The molecular formula is C29H32ClF3N6O5. The lowest BCUT2D eigenvalue weighted by atomic mass is 10.2. The normalized spacial score (nSPS) is 11.6. The number of hydrogen-bond donors (Lipinski definition) is 3. The Hall–Kier alpha value is -4.69. The van der Waals surface area contributed by atoms with Gasteiger partial charge in [0.05, 0.1) is 28.6 Å². The van der Waals surface area contributed by atoms with Crippen LogP contribution in [-0.4, -0.2) is 69.2 Å². The molecule has 0 atom stereocenters. The second kappa shape index (κ2) is 15.7. The first-order chi connectivity index (χ1) is 20.9. The number of ether oxygens (including phenoxy) is 3. The highest BCUT2D eigenvalue weighted by molar-refractivity contribution is 6.33. The first-order valence-electron chi connectivity index (χ1n) is 13.2. The maximum atomic E-state index is 13.0. The Balaban J connectivity index is 1.96. The van der Waals surface area contributed by atoms with Gasteiger partial charge in [-0.2, -0.15) is 18.3 Å². The van der Waals surface area contributed by atoms with Gasteiger partial charge in [-0.05, 0) is 57.4 Å². The lowest BCUT2D eigenvalue weighted by Gasteiger charge is -2.22. The summed E-state index contributed by atoms with van der Waals surface area (Å²) in [5.74, 6) is -3.01. The maximum absolute atomic E-state index is 13.0. The van der Waals surface area contributed by atoms with E-state index in [-0.39, 0.29) is 11.4 Å². The topological polar surface area (TPSA) is 131 Å². The third-order valence-electron chi connectivity index (χ3n) is 5.65. The van der Waals surface area contributed by atoms with Crippen molar-refractivity contribution >= 4 is 40.7 Å². The van der Waals surface area contributed by atoms with Crippen LogP contribution in [0.4, 0.5) is 24.5 Å². The zero-order valence-electron chi connectivity index (χ0n) is 24.2. The minimum atomic E-state index is -5.23. The molecule has 3 aromatic carbocycles. The predicted octanol–water partition coefficient (Wildman–Crippen LogP) is 4.42. The summed E-state index contributed by atoms with van der Waals surface area (Å²) in [7, 11) is 3.81. The second-order valence-corrected chi connectivity index (χ2v) is 9.70. The van der Waals surface area contributed by atoms with Crippen LogP contribution >= 0.6 is 11.6 Å². The Morgan fingerprint density at radius 3 is 2.36 bits per heavy atom. The molecule has 0 bridgehead atoms. The number of esters is 1. The van der Waals surface area contributed by atoms with Crippen molar-refractivity contribution in [1.82, 2.24) is 10.3 Å². The fourth-order valence-electron chi connectivity index (χ4n) is 3.55. The van der Waals surface area contributed by atoms with Gasteiger partial charge in [0.15, 0.2) is 17.3 Å². The second-order valence-electron chi connectivity index (χ2n) is 9.30. The molecule has 0 radical (unpaired) electrons. The minimum absolute atomic E-state index is 0.113. The number of alkyl halides is 3. The fraction of sp³-hybridized carbons (Fsp3) is 0.276. The number of carbonyl (C=O) groups excluding carboxylic acids is 2. The van der Waals surface area contributed by atoms with Gasteiger partial charge in [-0.1, -0.05) is 35.9 Å². The number of hydrogen-bond acceptors (Lipinski definition) is 9. The van der Waals surface area contributed by atoms with E-state index in [1.54, 1.807) is 49.4 Å². The third-order valence-corrected chi connectivity index (χ3v) is 5.98. The highest BCUT2D eigenvalue weighted by Crippen LogP contribution is 2.33. The van der Waals surface area contributed by atoms with E-state index in [2.05, 4.69) is 20.7 Å². The molecule has 0 spiro atoms. The summed E-state index contributed by atoms with van der Waals surface area (Å²) < 4.78 is 54.8. The van der Waals surface area contributed by atoms with E-state index in [1.807, 2.05) is 19.0 Å². The molecule has 4 N–H and O–H groups in total. The number of carbonyl (C=O) groups is 2. The molecule has 0 aromatic heterocycles. The van der Waals surface area contributed by atoms with Crippen molar-refractivity contribution in [3.8, 4) is 17.2 Å². The highest BCUT2D eigenvalue weighted by Gasteiger charge is 2.41. The molecule has 0 saturated carbocycles. The quantitative estimate of drug-likeness (QED) is 0.0774. The molecular weight excluding hydrogens is 605 g/mol. The Morgan fingerprint density at radius 2 is 1.68 bits per heavy atom. The van der Waals surface area contributed by atoms with Crippen molar-refractivity contribution in [2.75, 3.05) is 50.8 Å². The molecule has 1 amide bonds. The summed E-state index contributed by atoms with van der Waals surface area (Å²) >= 11 is 6.14. The number of nitrogens with two attached hydrogens (primary N) is 1. The molecule has 3 rings (SSSR count). The van der Waals surface area contributed by atoms with E-state index in [0.717, 1.165) is 6.07 Å². The summed E-state index contributed by atoms with van der Waals surface area (Å²) in [6.07, 6.45) is -5.23. The minimum Gasteiger partial charge on any atom is -0.490 e. The van der Waals surface area contributed by atoms with Crippen molar-refractivity contribution < 1.29 is 37.0 Å². The molecule has 236 valence electrons. The number of nitrogens with one attached hydrogen (secondary N) is 2. The first-order valence-corrected chi connectivity index (χ1v) is 13.6. The average molecular weight is 637 g/mol. The number of amidine groups is 1. The molecule has 44 heavy (non-hydrogen) atoms. The number of amides is 1. The van der Waals surface area contributed by atoms with Gasteiger partial charge in [-0.3, -0.25) is 20.7 Å². The molecule has 15 heteroatoms. The SMILES string of the molecule is CCOc1cc(N(CC(=O)NNc2ccccc2Cl)/N=C(\N)c2ccccc2OC(=O)C(F)(F)F)ccc1OCCN(C)C. The molecule has 0 aliphatic carbocycles. The number of hydrazine groups is 1. The molecule has 0 heterocycles. The van der Waals surface area contributed by atoms with Gasteiger partial charge in [-0.25, -0.2) is 4.79 Å². The van der Waals surface area contributed by atoms with E-state index < -0.39 is 30.3 Å². The van der Waals surface area contributed by atoms with Gasteiger partial charge in [0.2, 0.25) is 0 Å². The zero-order valence-corrected chi connectivity index (χ0v) is 24.9. The van der Waals surface area contributed by atoms with Crippen LogP contribution in [-0.2, 0) is 9.59 Å². The van der Waals surface area contributed by atoms with E-state index in [9.17, 15) is 22.8 Å². The number of hydrazone groups is 1. The van der Waals surface area contributed by atoms with Crippen molar-refractivity contribution in [2.45, 2.75) is 13.1 Å². The Morgan fingerprint density at radius 1 is 0.977 bits per heavy atom. The first kappa shape index (κ1) is 33.8. The third kappa shape index (κ3) is 9.95. The Kier molecular flexibility index (Phi) is 12.1. The molecule has 0 aliphatic rings. The largest absolute Gasteiger partial charge is 0.491 e. The maximum Gasteiger partial charge on any atom is 0.491 e. The van der Waals surface area contributed by atoms with Gasteiger partial charge in [0.25, 0.3) is 5.91 Å². The van der Waals surface area contributed by atoms with Crippen LogP contribution in [0, 0.1) is 0 Å². The van der Waals surface area contributed by atoms with E-state index in [1.165, 1.54) is 23.2 Å². The van der Waals surface area contributed by atoms with Crippen LogP contribution in [0.2, 0.25) is 5.02 Å². The number of halogens is 4. The molecule has 3 aromatic rings. The van der Waals surface area contributed by atoms with Gasteiger partial charge < -0.3 is 24.8 Å². The van der Waals surface area contributed by atoms with Crippen LogP contribution in [0.5, 0.6) is 17.2 Å². The van der Waals surface area contributed by atoms with Crippen LogP contribution in [0.1, 0.15) is 12.5 Å². The Labute approximate surface area is 257 Å². The van der Waals surface area contributed by atoms with E-state index in [4.69, 9.17) is 26.8 Å².